The second kappa shape index (κ2) is 6.58. The Balaban J connectivity index is 1.93. The fraction of sp³-hybridized carbons (Fsp3) is 0.533. The summed E-state index contributed by atoms with van der Waals surface area (Å²) >= 11 is 0. The van der Waals surface area contributed by atoms with Crippen LogP contribution >= 0.6 is 0 Å². The Morgan fingerprint density at radius 1 is 1.29 bits per heavy atom. The van der Waals surface area contributed by atoms with Crippen LogP contribution in [0.3, 0.4) is 0 Å². The van der Waals surface area contributed by atoms with Crippen LogP contribution in [0.25, 0.3) is 0 Å². The summed E-state index contributed by atoms with van der Waals surface area (Å²) in [6.45, 7) is 1.89. The van der Waals surface area contributed by atoms with Crippen molar-refractivity contribution in [3.8, 4) is 0 Å². The molecule has 5 nitrogen and oxygen atoms in total. The Bertz CT molecular complexity index is 590. The second-order valence-corrected chi connectivity index (χ2v) is 7.32. The van der Waals surface area contributed by atoms with Gasteiger partial charge in [-0.15, -0.1) is 0 Å². The first-order valence-corrected chi connectivity index (χ1v) is 8.83. The zero-order valence-electron chi connectivity index (χ0n) is 12.2. The Morgan fingerprint density at radius 3 is 2.38 bits per heavy atom. The van der Waals surface area contributed by atoms with Crippen LogP contribution in [0.1, 0.15) is 50.6 Å². The molecule has 1 aliphatic carbocycles. The molecular weight excluding hydrogens is 288 g/mol. The molecule has 0 bridgehead atoms. The Labute approximate surface area is 126 Å². The van der Waals surface area contributed by atoms with Gasteiger partial charge in [0.15, 0.2) is 0 Å². The fourth-order valence-corrected chi connectivity index (χ4v) is 3.32. The molecule has 116 valence electrons. The minimum Gasteiger partial charge on any atom is -0.350 e. The van der Waals surface area contributed by atoms with Crippen molar-refractivity contribution in [1.29, 1.82) is 0 Å². The number of hydrogen-bond donors (Lipinski definition) is 2. The summed E-state index contributed by atoms with van der Waals surface area (Å²) < 4.78 is 22.4. The number of carbonyl (C=O) groups excluding carboxylic acids is 1. The Kier molecular flexibility index (Phi) is 5.00. The number of benzene rings is 1. The Hall–Kier alpha value is -1.40. The van der Waals surface area contributed by atoms with Crippen LogP contribution in [0.2, 0.25) is 0 Å². The van der Waals surface area contributed by atoms with E-state index in [-0.39, 0.29) is 16.8 Å². The van der Waals surface area contributed by atoms with Gasteiger partial charge in [-0.2, -0.15) is 0 Å². The lowest BCUT2D eigenvalue weighted by Crippen LogP contribution is -2.28. The van der Waals surface area contributed by atoms with E-state index in [0.717, 1.165) is 18.4 Å². The van der Waals surface area contributed by atoms with Gasteiger partial charge in [0.25, 0.3) is 0 Å². The number of primary sulfonamides is 1. The highest BCUT2D eigenvalue weighted by Crippen LogP contribution is 2.27. The van der Waals surface area contributed by atoms with Crippen molar-refractivity contribution in [2.45, 2.75) is 50.0 Å². The number of hydrogen-bond acceptors (Lipinski definition) is 3. The van der Waals surface area contributed by atoms with Crippen molar-refractivity contribution < 1.29 is 13.2 Å². The highest BCUT2D eigenvalue weighted by molar-refractivity contribution is 7.89. The van der Waals surface area contributed by atoms with Crippen LogP contribution in [0, 0.1) is 5.92 Å². The van der Waals surface area contributed by atoms with E-state index >= 15 is 0 Å². The second-order valence-electron chi connectivity index (χ2n) is 5.76. The summed E-state index contributed by atoms with van der Waals surface area (Å²) in [7, 11) is -3.67. The molecule has 0 aromatic heterocycles. The van der Waals surface area contributed by atoms with E-state index in [1.165, 1.54) is 25.0 Å². The van der Waals surface area contributed by atoms with Crippen molar-refractivity contribution >= 4 is 15.9 Å². The molecule has 0 heterocycles. The quantitative estimate of drug-likeness (QED) is 0.872. The number of nitrogens with one attached hydrogen (secondary N) is 1. The van der Waals surface area contributed by atoms with Gasteiger partial charge in [0, 0.05) is 6.42 Å². The number of sulfonamides is 1. The van der Waals surface area contributed by atoms with Crippen LogP contribution in [0.4, 0.5) is 0 Å². The molecule has 0 saturated heterocycles. The molecule has 1 unspecified atom stereocenters. The average Bonchev–Trinajstić information content (AvgIpc) is 2.90. The molecule has 1 atom stereocenters. The van der Waals surface area contributed by atoms with Gasteiger partial charge in [0.2, 0.25) is 15.9 Å². The van der Waals surface area contributed by atoms with Crippen molar-refractivity contribution in [2.24, 2.45) is 11.1 Å². The summed E-state index contributed by atoms with van der Waals surface area (Å²) in [6.07, 6.45) is 5.32. The van der Waals surface area contributed by atoms with E-state index < -0.39 is 10.0 Å². The largest absolute Gasteiger partial charge is 0.350 e. The summed E-state index contributed by atoms with van der Waals surface area (Å²) in [5.41, 5.74) is 0.863. The van der Waals surface area contributed by atoms with Gasteiger partial charge >= 0.3 is 0 Å². The maximum atomic E-state index is 12.0. The molecule has 1 saturated carbocycles. The molecule has 1 amide bonds. The highest BCUT2D eigenvalue weighted by Gasteiger charge is 2.19. The van der Waals surface area contributed by atoms with Crippen LogP contribution in [-0.4, -0.2) is 14.3 Å². The summed E-state index contributed by atoms with van der Waals surface area (Å²) in [6, 6.07) is 6.14. The molecule has 1 aromatic carbocycles. The van der Waals surface area contributed by atoms with Crippen LogP contribution < -0.4 is 10.5 Å². The lowest BCUT2D eigenvalue weighted by atomic mass is 10.0. The van der Waals surface area contributed by atoms with E-state index in [0.29, 0.717) is 12.3 Å². The zero-order valence-corrected chi connectivity index (χ0v) is 13.0. The van der Waals surface area contributed by atoms with E-state index in [9.17, 15) is 13.2 Å². The highest BCUT2D eigenvalue weighted by atomic mass is 32.2. The van der Waals surface area contributed by atoms with Crippen LogP contribution in [-0.2, 0) is 14.8 Å². The van der Waals surface area contributed by atoms with Crippen molar-refractivity contribution in [1.82, 2.24) is 5.32 Å². The standard InChI is InChI=1S/C15H22N2O3S/c1-11(17-15(18)10-12-4-2-3-5-12)13-6-8-14(9-7-13)21(16,19)20/h6-9,11-12H,2-5,10H2,1H3,(H,17,18)(H2,16,19,20). The zero-order chi connectivity index (χ0) is 15.5. The monoisotopic (exact) mass is 310 g/mol. The first kappa shape index (κ1) is 16.0. The summed E-state index contributed by atoms with van der Waals surface area (Å²) in [4.78, 5) is 12.1. The van der Waals surface area contributed by atoms with Gasteiger partial charge in [-0.1, -0.05) is 25.0 Å². The maximum absolute atomic E-state index is 12.0. The minimum absolute atomic E-state index is 0.0601. The molecular formula is C15H22N2O3S. The molecule has 21 heavy (non-hydrogen) atoms. The van der Waals surface area contributed by atoms with E-state index in [4.69, 9.17) is 5.14 Å². The SMILES string of the molecule is CC(NC(=O)CC1CCCC1)c1ccc(S(N)(=O)=O)cc1. The minimum atomic E-state index is -3.67. The third-order valence-electron chi connectivity index (χ3n) is 4.03. The van der Waals surface area contributed by atoms with Crippen LogP contribution in [0.5, 0.6) is 0 Å². The topological polar surface area (TPSA) is 89.3 Å². The number of carbonyl (C=O) groups is 1. The average molecular weight is 310 g/mol. The normalized spacial score (nSPS) is 17.6. The molecule has 0 spiro atoms. The van der Waals surface area contributed by atoms with Crippen molar-refractivity contribution in [3.05, 3.63) is 29.8 Å². The van der Waals surface area contributed by atoms with Crippen molar-refractivity contribution in [3.63, 3.8) is 0 Å². The van der Waals surface area contributed by atoms with Gasteiger partial charge < -0.3 is 5.32 Å². The first-order chi connectivity index (χ1) is 9.86. The molecule has 6 heteroatoms. The molecule has 3 N–H and O–H groups in total. The van der Waals surface area contributed by atoms with Crippen LogP contribution in [0.15, 0.2) is 29.2 Å². The van der Waals surface area contributed by atoms with Gasteiger partial charge in [-0.05, 0) is 43.4 Å². The predicted molar refractivity (Wildman–Crippen MR) is 80.9 cm³/mol. The summed E-state index contributed by atoms with van der Waals surface area (Å²) in [5.74, 6) is 0.576. The lowest BCUT2D eigenvalue weighted by molar-refractivity contribution is -0.122. The van der Waals surface area contributed by atoms with Gasteiger partial charge in [0.1, 0.15) is 0 Å². The Morgan fingerprint density at radius 2 is 1.86 bits per heavy atom. The number of rotatable bonds is 5. The third kappa shape index (κ3) is 4.54. The molecule has 1 aromatic rings. The van der Waals surface area contributed by atoms with E-state index in [1.54, 1.807) is 12.1 Å². The summed E-state index contributed by atoms with van der Waals surface area (Å²) in [5, 5.41) is 8.02. The fourth-order valence-electron chi connectivity index (χ4n) is 2.81. The van der Waals surface area contributed by atoms with E-state index in [1.807, 2.05) is 6.92 Å². The lowest BCUT2D eigenvalue weighted by Gasteiger charge is -2.16. The predicted octanol–water partition coefficient (Wildman–Crippen LogP) is 2.09. The molecule has 0 radical (unpaired) electrons. The van der Waals surface area contributed by atoms with Crippen molar-refractivity contribution in [2.75, 3.05) is 0 Å². The van der Waals surface area contributed by atoms with E-state index in [2.05, 4.69) is 5.32 Å². The molecule has 1 aliphatic rings. The maximum Gasteiger partial charge on any atom is 0.238 e. The molecule has 2 rings (SSSR count). The van der Waals surface area contributed by atoms with Gasteiger partial charge in [0.05, 0.1) is 10.9 Å². The third-order valence-corrected chi connectivity index (χ3v) is 4.96. The smallest absolute Gasteiger partial charge is 0.238 e. The number of nitrogens with two attached hydrogens (primary N) is 1. The molecule has 0 aliphatic heterocycles. The van der Waals surface area contributed by atoms with Gasteiger partial charge in [-0.3, -0.25) is 4.79 Å². The number of amides is 1. The molecule has 1 fully saturated rings. The van der Waals surface area contributed by atoms with Gasteiger partial charge in [-0.25, -0.2) is 13.6 Å². The first-order valence-electron chi connectivity index (χ1n) is 7.28.